The van der Waals surface area contributed by atoms with E-state index in [2.05, 4.69) is 17.4 Å². The number of thiol groups is 1. The predicted molar refractivity (Wildman–Crippen MR) is 68.8 cm³/mol. The van der Waals surface area contributed by atoms with Crippen LogP contribution in [0, 0.1) is 0 Å². The normalized spacial score (nSPS) is 17.9. The van der Waals surface area contributed by atoms with Crippen molar-refractivity contribution in [1.82, 2.24) is 0 Å². The van der Waals surface area contributed by atoms with Crippen LogP contribution in [0.1, 0.15) is 12.5 Å². The number of esters is 1. The van der Waals surface area contributed by atoms with E-state index in [1.54, 1.807) is 0 Å². The monoisotopic (exact) mass is 304 g/mol. The van der Waals surface area contributed by atoms with Crippen LogP contribution >= 0.6 is 12.6 Å². The maximum Gasteiger partial charge on any atom is 0.430 e. The number of ether oxygens (including phenoxy) is 2. The van der Waals surface area contributed by atoms with E-state index in [9.17, 15) is 18.0 Å². The molecule has 0 bridgehead atoms. The zero-order chi connectivity index (χ0) is 14.9. The molecule has 0 spiro atoms. The molecule has 1 aliphatic heterocycles. The van der Waals surface area contributed by atoms with Gasteiger partial charge in [-0.25, -0.2) is 4.79 Å². The van der Waals surface area contributed by atoms with Gasteiger partial charge in [0, 0.05) is 10.5 Å². The molecule has 108 valence electrons. The molecule has 3 nitrogen and oxygen atoms in total. The van der Waals surface area contributed by atoms with Crippen molar-refractivity contribution in [2.75, 3.05) is 6.61 Å². The van der Waals surface area contributed by atoms with Crippen molar-refractivity contribution < 1.29 is 27.4 Å². The van der Waals surface area contributed by atoms with Crippen LogP contribution in [0.4, 0.5) is 13.2 Å². The van der Waals surface area contributed by atoms with Crippen LogP contribution in [-0.4, -0.2) is 24.9 Å². The molecule has 1 heterocycles. The standard InChI is InChI=1S/C13H11F3O3S/c1-2-18-12(17)9-6-7-5-8(20)3-4-10(7)19-11(9)13(14,15)16/h3-6,11,20H,2H2,1H3. The molecule has 2 rings (SSSR count). The van der Waals surface area contributed by atoms with E-state index >= 15 is 0 Å². The molecule has 1 aromatic rings. The smallest absolute Gasteiger partial charge is 0.430 e. The number of carbonyl (C=O) groups excluding carboxylic acids is 1. The van der Waals surface area contributed by atoms with Crippen molar-refractivity contribution in [2.45, 2.75) is 24.1 Å². The average molecular weight is 304 g/mol. The second-order valence-corrected chi connectivity index (χ2v) is 4.60. The Morgan fingerprint density at radius 2 is 2.15 bits per heavy atom. The van der Waals surface area contributed by atoms with E-state index in [-0.39, 0.29) is 12.4 Å². The van der Waals surface area contributed by atoms with Crippen LogP contribution < -0.4 is 4.74 Å². The number of hydrogen-bond donors (Lipinski definition) is 1. The van der Waals surface area contributed by atoms with E-state index in [4.69, 9.17) is 4.74 Å². The highest BCUT2D eigenvalue weighted by atomic mass is 32.1. The third-order valence-electron chi connectivity index (χ3n) is 2.64. The molecule has 0 N–H and O–H groups in total. The number of alkyl halides is 3. The Labute approximate surface area is 118 Å². The van der Waals surface area contributed by atoms with Crippen molar-refractivity contribution in [3.8, 4) is 5.75 Å². The zero-order valence-electron chi connectivity index (χ0n) is 10.4. The van der Waals surface area contributed by atoms with Gasteiger partial charge in [0.1, 0.15) is 5.75 Å². The van der Waals surface area contributed by atoms with Crippen LogP contribution in [0.3, 0.4) is 0 Å². The Morgan fingerprint density at radius 3 is 2.75 bits per heavy atom. The maximum absolute atomic E-state index is 13.0. The van der Waals surface area contributed by atoms with Gasteiger partial charge in [-0.2, -0.15) is 13.2 Å². The number of benzene rings is 1. The topological polar surface area (TPSA) is 35.5 Å². The maximum atomic E-state index is 13.0. The van der Waals surface area contributed by atoms with E-state index in [0.717, 1.165) is 6.08 Å². The second-order valence-electron chi connectivity index (χ2n) is 4.08. The molecule has 0 saturated carbocycles. The minimum atomic E-state index is -4.70. The van der Waals surface area contributed by atoms with Gasteiger partial charge in [0.25, 0.3) is 0 Å². The first-order chi connectivity index (χ1) is 9.32. The van der Waals surface area contributed by atoms with Crippen molar-refractivity contribution in [2.24, 2.45) is 0 Å². The van der Waals surface area contributed by atoms with Crippen LogP contribution in [-0.2, 0) is 9.53 Å². The molecule has 0 aromatic heterocycles. The third-order valence-corrected chi connectivity index (χ3v) is 2.92. The molecule has 20 heavy (non-hydrogen) atoms. The average Bonchev–Trinajstić information content (AvgIpc) is 2.36. The van der Waals surface area contributed by atoms with Gasteiger partial charge in [0.05, 0.1) is 12.2 Å². The predicted octanol–water partition coefficient (Wildman–Crippen LogP) is 3.25. The summed E-state index contributed by atoms with van der Waals surface area (Å²) in [5.74, 6) is -0.983. The minimum Gasteiger partial charge on any atom is -0.475 e. The minimum absolute atomic E-state index is 0.0137. The van der Waals surface area contributed by atoms with Crippen molar-refractivity contribution in [3.63, 3.8) is 0 Å². The molecule has 0 aliphatic carbocycles. The van der Waals surface area contributed by atoms with Gasteiger partial charge in [-0.1, -0.05) is 0 Å². The van der Waals surface area contributed by atoms with Gasteiger partial charge in [-0.3, -0.25) is 0 Å². The molecule has 1 atom stereocenters. The number of hydrogen-bond acceptors (Lipinski definition) is 4. The fourth-order valence-electron chi connectivity index (χ4n) is 1.81. The van der Waals surface area contributed by atoms with E-state index in [0.29, 0.717) is 10.5 Å². The molecule has 0 fully saturated rings. The van der Waals surface area contributed by atoms with E-state index in [1.165, 1.54) is 25.1 Å². The lowest BCUT2D eigenvalue weighted by Crippen LogP contribution is -2.40. The fourth-order valence-corrected chi connectivity index (χ4v) is 2.03. The molecule has 1 aromatic carbocycles. The largest absolute Gasteiger partial charge is 0.475 e. The second kappa shape index (κ2) is 5.40. The van der Waals surface area contributed by atoms with Gasteiger partial charge in [0.2, 0.25) is 6.10 Å². The quantitative estimate of drug-likeness (QED) is 0.673. The Kier molecular flexibility index (Phi) is 3.99. The summed E-state index contributed by atoms with van der Waals surface area (Å²) >= 11 is 4.10. The first-order valence-electron chi connectivity index (χ1n) is 5.78. The molecular weight excluding hydrogens is 293 g/mol. The molecule has 0 saturated heterocycles. The van der Waals surface area contributed by atoms with Gasteiger partial charge >= 0.3 is 12.1 Å². The number of rotatable bonds is 2. The lowest BCUT2D eigenvalue weighted by atomic mass is 10.0. The Hall–Kier alpha value is -1.63. The van der Waals surface area contributed by atoms with Crippen LogP contribution in [0.25, 0.3) is 6.08 Å². The molecule has 1 aliphatic rings. The van der Waals surface area contributed by atoms with Crippen molar-refractivity contribution in [1.29, 1.82) is 0 Å². The Bertz CT molecular complexity index is 566. The van der Waals surface area contributed by atoms with Crippen molar-refractivity contribution >= 4 is 24.7 Å². The summed E-state index contributed by atoms with van der Waals surface area (Å²) in [5, 5.41) is 0. The van der Waals surface area contributed by atoms with Crippen LogP contribution in [0.2, 0.25) is 0 Å². The number of carbonyl (C=O) groups is 1. The molecule has 0 amide bonds. The molecule has 7 heteroatoms. The highest BCUT2D eigenvalue weighted by molar-refractivity contribution is 7.80. The van der Waals surface area contributed by atoms with Gasteiger partial charge in [-0.15, -0.1) is 12.6 Å². The van der Waals surface area contributed by atoms with Gasteiger partial charge < -0.3 is 9.47 Å². The zero-order valence-corrected chi connectivity index (χ0v) is 11.3. The summed E-state index contributed by atoms with van der Waals surface area (Å²) in [7, 11) is 0. The van der Waals surface area contributed by atoms with Crippen molar-refractivity contribution in [3.05, 3.63) is 29.3 Å². The summed E-state index contributed by atoms with van der Waals surface area (Å²) in [6.45, 7) is 1.50. The summed E-state index contributed by atoms with van der Waals surface area (Å²) < 4.78 is 48.5. The summed E-state index contributed by atoms with van der Waals surface area (Å²) in [5.41, 5.74) is -0.202. The van der Waals surface area contributed by atoms with Crippen LogP contribution in [0.15, 0.2) is 28.7 Å². The van der Waals surface area contributed by atoms with Gasteiger partial charge in [-0.05, 0) is 31.2 Å². The van der Waals surface area contributed by atoms with Crippen LogP contribution in [0.5, 0.6) is 5.75 Å². The van der Waals surface area contributed by atoms with E-state index < -0.39 is 23.8 Å². The number of halogens is 3. The summed E-state index contributed by atoms with van der Waals surface area (Å²) in [4.78, 5) is 12.2. The third kappa shape index (κ3) is 2.92. The highest BCUT2D eigenvalue weighted by Crippen LogP contribution is 2.38. The molecule has 1 unspecified atom stereocenters. The first kappa shape index (κ1) is 14.8. The van der Waals surface area contributed by atoms with Gasteiger partial charge in [0.15, 0.2) is 0 Å². The fraction of sp³-hybridized carbons (Fsp3) is 0.308. The summed E-state index contributed by atoms with van der Waals surface area (Å²) in [6, 6.07) is 4.41. The molecule has 0 radical (unpaired) electrons. The lowest BCUT2D eigenvalue weighted by molar-refractivity contribution is -0.187. The lowest BCUT2D eigenvalue weighted by Gasteiger charge is -2.27. The Balaban J connectivity index is 2.48. The van der Waals surface area contributed by atoms with E-state index in [1.807, 2.05) is 0 Å². The summed E-state index contributed by atoms with van der Waals surface area (Å²) in [6.07, 6.45) is -5.88. The first-order valence-corrected chi connectivity index (χ1v) is 6.22. The SMILES string of the molecule is CCOC(=O)C1=Cc2cc(S)ccc2OC1C(F)(F)F. The molecular formula is C13H11F3O3S. The Morgan fingerprint density at radius 1 is 1.45 bits per heavy atom. The highest BCUT2D eigenvalue weighted by Gasteiger charge is 2.48. The number of fused-ring (bicyclic) bond motifs is 1.